The Morgan fingerprint density at radius 2 is 2.03 bits per heavy atom. The average Bonchev–Trinajstić information content (AvgIpc) is 2.75. The first kappa shape index (κ1) is 22.0. The number of ether oxygens (including phenoxy) is 2. The number of aromatic nitrogens is 1. The molecule has 1 fully saturated rings. The number of carboxylic acids is 1. The third-order valence-electron chi connectivity index (χ3n) is 5.16. The number of pyridine rings is 1. The number of hydrogen-bond acceptors (Lipinski definition) is 7. The van der Waals surface area contributed by atoms with Gasteiger partial charge in [0.15, 0.2) is 0 Å². The fraction of sp³-hybridized carbons (Fsp3) is 0.261. The maximum absolute atomic E-state index is 12.0. The summed E-state index contributed by atoms with van der Waals surface area (Å²) in [5.74, 6) is -1.84. The first-order valence-corrected chi connectivity index (χ1v) is 10.5. The molecule has 3 aromatic rings. The molecule has 1 aromatic heterocycles. The van der Waals surface area contributed by atoms with Crippen LogP contribution in [0, 0.1) is 0 Å². The van der Waals surface area contributed by atoms with Gasteiger partial charge in [-0.25, -0.2) is 4.79 Å². The molecular weight excluding hydrogens is 434 g/mol. The van der Waals surface area contributed by atoms with Crippen LogP contribution in [0.3, 0.4) is 0 Å². The van der Waals surface area contributed by atoms with Gasteiger partial charge in [-0.3, -0.25) is 14.7 Å². The number of hydrogen-bond donors (Lipinski definition) is 2. The van der Waals surface area contributed by atoms with Crippen LogP contribution in [0.5, 0.6) is 5.75 Å². The molecule has 2 aromatic carbocycles. The SMILES string of the molecule is CC(=O)Oc1cccc(Nc2c(CN3CCOCC3)cnc3ccc(Cl)cc23)c1C(=O)O. The molecule has 9 heteroatoms. The molecule has 0 saturated carbocycles. The number of nitrogens with one attached hydrogen (secondary N) is 1. The van der Waals surface area contributed by atoms with E-state index in [9.17, 15) is 14.7 Å². The summed E-state index contributed by atoms with van der Waals surface area (Å²) in [5.41, 5.74) is 2.47. The topological polar surface area (TPSA) is 101 Å². The molecule has 32 heavy (non-hydrogen) atoms. The van der Waals surface area contributed by atoms with Gasteiger partial charge in [-0.1, -0.05) is 17.7 Å². The third kappa shape index (κ3) is 4.83. The Bertz CT molecular complexity index is 1180. The van der Waals surface area contributed by atoms with E-state index in [1.165, 1.54) is 13.0 Å². The molecule has 0 aliphatic carbocycles. The molecule has 1 aliphatic rings. The van der Waals surface area contributed by atoms with E-state index >= 15 is 0 Å². The molecule has 0 atom stereocenters. The lowest BCUT2D eigenvalue weighted by Crippen LogP contribution is -2.35. The van der Waals surface area contributed by atoms with Crippen molar-refractivity contribution in [1.29, 1.82) is 0 Å². The van der Waals surface area contributed by atoms with Crippen LogP contribution in [-0.4, -0.2) is 53.2 Å². The van der Waals surface area contributed by atoms with Crippen molar-refractivity contribution in [2.24, 2.45) is 0 Å². The summed E-state index contributed by atoms with van der Waals surface area (Å²) in [7, 11) is 0. The van der Waals surface area contributed by atoms with Crippen LogP contribution < -0.4 is 10.1 Å². The number of esters is 1. The van der Waals surface area contributed by atoms with E-state index in [0.29, 0.717) is 36.2 Å². The lowest BCUT2D eigenvalue weighted by atomic mass is 10.1. The van der Waals surface area contributed by atoms with E-state index < -0.39 is 11.9 Å². The molecule has 1 saturated heterocycles. The maximum atomic E-state index is 12.0. The van der Waals surface area contributed by atoms with Crippen molar-refractivity contribution < 1.29 is 24.2 Å². The van der Waals surface area contributed by atoms with Crippen molar-refractivity contribution >= 4 is 45.8 Å². The van der Waals surface area contributed by atoms with Crippen LogP contribution in [-0.2, 0) is 16.1 Å². The standard InChI is InChI=1S/C23H22ClN3O5/c1-14(28)32-20-4-2-3-19(21(20)23(29)30)26-22-15(13-27-7-9-31-10-8-27)12-25-18-6-5-16(24)11-17(18)22/h2-6,11-12H,7-10,13H2,1H3,(H,25,26)(H,29,30). The van der Waals surface area contributed by atoms with E-state index in [2.05, 4.69) is 15.2 Å². The smallest absolute Gasteiger partial charge is 0.341 e. The second-order valence-electron chi connectivity index (χ2n) is 7.41. The van der Waals surface area contributed by atoms with Crippen molar-refractivity contribution in [2.45, 2.75) is 13.5 Å². The summed E-state index contributed by atoms with van der Waals surface area (Å²) in [4.78, 5) is 30.3. The molecule has 0 amide bonds. The van der Waals surface area contributed by atoms with Gasteiger partial charge in [-0.2, -0.15) is 0 Å². The van der Waals surface area contributed by atoms with Gasteiger partial charge in [0.2, 0.25) is 0 Å². The fourth-order valence-corrected chi connectivity index (χ4v) is 3.88. The van der Waals surface area contributed by atoms with Crippen molar-refractivity contribution in [1.82, 2.24) is 9.88 Å². The summed E-state index contributed by atoms with van der Waals surface area (Å²) in [6.07, 6.45) is 1.78. The normalized spacial score (nSPS) is 14.3. The largest absolute Gasteiger partial charge is 0.477 e. The van der Waals surface area contributed by atoms with Gasteiger partial charge in [0, 0.05) is 48.7 Å². The molecule has 0 bridgehead atoms. The minimum atomic E-state index is -1.21. The van der Waals surface area contributed by atoms with E-state index in [1.54, 1.807) is 30.5 Å². The van der Waals surface area contributed by atoms with E-state index in [1.807, 2.05) is 6.07 Å². The monoisotopic (exact) mass is 455 g/mol. The Kier molecular flexibility index (Phi) is 6.55. The summed E-state index contributed by atoms with van der Waals surface area (Å²) >= 11 is 6.27. The molecule has 4 rings (SSSR count). The number of morpholine rings is 1. The summed E-state index contributed by atoms with van der Waals surface area (Å²) in [6, 6.07) is 10.1. The molecule has 166 valence electrons. The van der Waals surface area contributed by atoms with E-state index in [-0.39, 0.29) is 11.3 Å². The number of halogens is 1. The molecule has 2 N–H and O–H groups in total. The minimum absolute atomic E-state index is 0.0267. The average molecular weight is 456 g/mol. The highest BCUT2D eigenvalue weighted by atomic mass is 35.5. The quantitative estimate of drug-likeness (QED) is 0.423. The highest BCUT2D eigenvalue weighted by Gasteiger charge is 2.21. The fourth-order valence-electron chi connectivity index (χ4n) is 3.70. The zero-order valence-corrected chi connectivity index (χ0v) is 18.2. The van der Waals surface area contributed by atoms with Crippen LogP contribution in [0.1, 0.15) is 22.8 Å². The number of carboxylic acid groups (broad SMARTS) is 1. The molecule has 0 radical (unpaired) electrons. The Morgan fingerprint density at radius 3 is 2.75 bits per heavy atom. The van der Waals surface area contributed by atoms with E-state index in [0.717, 1.165) is 29.6 Å². The highest BCUT2D eigenvalue weighted by Crippen LogP contribution is 2.35. The predicted octanol–water partition coefficient (Wildman–Crippen LogP) is 4.09. The maximum Gasteiger partial charge on any atom is 0.341 e. The zero-order valence-electron chi connectivity index (χ0n) is 17.4. The highest BCUT2D eigenvalue weighted by molar-refractivity contribution is 6.31. The lowest BCUT2D eigenvalue weighted by Gasteiger charge is -2.28. The summed E-state index contributed by atoms with van der Waals surface area (Å²) < 4.78 is 10.6. The number of carbonyl (C=O) groups excluding carboxylic acids is 1. The summed E-state index contributed by atoms with van der Waals surface area (Å²) in [5, 5.41) is 14.4. The number of aromatic carboxylic acids is 1. The second kappa shape index (κ2) is 9.52. The first-order chi connectivity index (χ1) is 15.4. The number of rotatable bonds is 6. The van der Waals surface area contributed by atoms with Crippen molar-refractivity contribution in [2.75, 3.05) is 31.6 Å². The van der Waals surface area contributed by atoms with Gasteiger partial charge >= 0.3 is 11.9 Å². The van der Waals surface area contributed by atoms with Crippen LogP contribution in [0.4, 0.5) is 11.4 Å². The Morgan fingerprint density at radius 1 is 1.25 bits per heavy atom. The first-order valence-electron chi connectivity index (χ1n) is 10.1. The van der Waals surface area contributed by atoms with Gasteiger partial charge in [0.05, 0.1) is 30.1 Å². The number of nitrogens with zero attached hydrogens (tertiary/aromatic N) is 2. The van der Waals surface area contributed by atoms with Gasteiger partial charge in [-0.15, -0.1) is 0 Å². The van der Waals surface area contributed by atoms with Crippen LogP contribution in [0.2, 0.25) is 5.02 Å². The van der Waals surface area contributed by atoms with Gasteiger partial charge in [-0.05, 0) is 30.3 Å². The summed E-state index contributed by atoms with van der Waals surface area (Å²) in [6.45, 7) is 4.72. The van der Waals surface area contributed by atoms with E-state index in [4.69, 9.17) is 21.1 Å². The molecule has 1 aliphatic heterocycles. The molecule has 8 nitrogen and oxygen atoms in total. The minimum Gasteiger partial charge on any atom is -0.477 e. The Hall–Kier alpha value is -3.20. The van der Waals surface area contributed by atoms with Gasteiger partial charge in [0.1, 0.15) is 11.3 Å². The zero-order chi connectivity index (χ0) is 22.7. The predicted molar refractivity (Wildman–Crippen MR) is 121 cm³/mol. The number of benzene rings is 2. The molecular formula is C23H22ClN3O5. The number of fused-ring (bicyclic) bond motifs is 1. The van der Waals surface area contributed by atoms with Crippen molar-refractivity contribution in [3.05, 3.63) is 58.7 Å². The van der Waals surface area contributed by atoms with Crippen molar-refractivity contribution in [3.63, 3.8) is 0 Å². The van der Waals surface area contributed by atoms with Crippen molar-refractivity contribution in [3.8, 4) is 5.75 Å². The van der Waals surface area contributed by atoms with Crippen LogP contribution >= 0.6 is 11.6 Å². The lowest BCUT2D eigenvalue weighted by molar-refractivity contribution is -0.131. The Labute approximate surface area is 189 Å². The van der Waals surface area contributed by atoms with Gasteiger partial charge in [0.25, 0.3) is 0 Å². The molecule has 2 heterocycles. The Balaban J connectivity index is 1.82. The number of carbonyl (C=O) groups is 2. The van der Waals surface area contributed by atoms with Crippen LogP contribution in [0.15, 0.2) is 42.6 Å². The van der Waals surface area contributed by atoms with Crippen LogP contribution in [0.25, 0.3) is 10.9 Å². The third-order valence-corrected chi connectivity index (χ3v) is 5.39. The second-order valence-corrected chi connectivity index (χ2v) is 7.85. The molecule has 0 unspecified atom stereocenters. The number of anilines is 2. The molecule has 0 spiro atoms. The van der Waals surface area contributed by atoms with Gasteiger partial charge < -0.3 is 19.9 Å².